The van der Waals surface area contributed by atoms with Crippen LogP contribution in [0.25, 0.3) is 27.8 Å². The van der Waals surface area contributed by atoms with Crippen LogP contribution >= 0.6 is 11.6 Å². The number of nitrogens with zero attached hydrogens (tertiary/aromatic N) is 2. The van der Waals surface area contributed by atoms with Crippen molar-refractivity contribution in [3.05, 3.63) is 75.2 Å². The van der Waals surface area contributed by atoms with Gasteiger partial charge in [-0.25, -0.2) is 0 Å². The molecule has 0 saturated heterocycles. The molecule has 0 amide bonds. The summed E-state index contributed by atoms with van der Waals surface area (Å²) in [6, 6.07) is 15.8. The molecule has 0 spiro atoms. The molecule has 0 aliphatic carbocycles. The molecule has 0 aliphatic heterocycles. The molecule has 0 radical (unpaired) electrons. The summed E-state index contributed by atoms with van der Waals surface area (Å²) < 4.78 is 1.54. The number of aromatic nitrogens is 2. The van der Waals surface area contributed by atoms with Gasteiger partial charge in [0.15, 0.2) is 11.3 Å². The predicted octanol–water partition coefficient (Wildman–Crippen LogP) is 4.23. The quantitative estimate of drug-likeness (QED) is 0.475. The number of benzene rings is 2. The largest absolute Gasteiger partial charge is 0.507 e. The van der Waals surface area contributed by atoms with Crippen molar-refractivity contribution in [1.29, 1.82) is 5.26 Å². The zero-order valence-electron chi connectivity index (χ0n) is 14.7. The van der Waals surface area contributed by atoms with Crippen LogP contribution in [-0.4, -0.2) is 19.8 Å². The second kappa shape index (κ2) is 6.48. The van der Waals surface area contributed by atoms with E-state index in [2.05, 4.69) is 4.98 Å². The van der Waals surface area contributed by atoms with E-state index in [4.69, 9.17) is 16.9 Å². The summed E-state index contributed by atoms with van der Waals surface area (Å²) in [5.74, 6) is -0.245. The number of nitrogens with one attached hydrogen (secondary N) is 1. The normalized spacial score (nSPS) is 10.9. The van der Waals surface area contributed by atoms with Crippen LogP contribution in [0, 0.1) is 18.3 Å². The average Bonchev–Trinajstić information content (AvgIpc) is 3.00. The predicted molar refractivity (Wildman–Crippen MR) is 107 cm³/mol. The van der Waals surface area contributed by atoms with E-state index in [9.17, 15) is 15.0 Å². The smallest absolute Gasteiger partial charge is 0.270 e. The van der Waals surface area contributed by atoms with Crippen LogP contribution in [0.1, 0.15) is 11.1 Å². The van der Waals surface area contributed by atoms with E-state index in [1.54, 1.807) is 28.8 Å². The maximum atomic E-state index is 11.9. The first-order chi connectivity index (χ1) is 13.4. The molecule has 3 N–H and O–H groups in total. The molecule has 2 heterocycles. The van der Waals surface area contributed by atoms with Crippen LogP contribution in [0.3, 0.4) is 0 Å². The fourth-order valence-corrected chi connectivity index (χ4v) is 3.54. The Bertz CT molecular complexity index is 1330. The molecular weight excluding hydrogens is 378 g/mol. The highest BCUT2D eigenvalue weighted by Crippen LogP contribution is 2.35. The Morgan fingerprint density at radius 3 is 2.50 bits per heavy atom. The highest BCUT2D eigenvalue weighted by atomic mass is 35.5. The Morgan fingerprint density at radius 2 is 1.82 bits per heavy atom. The van der Waals surface area contributed by atoms with Gasteiger partial charge in [-0.2, -0.15) is 5.26 Å². The van der Waals surface area contributed by atoms with E-state index < -0.39 is 11.3 Å². The maximum absolute atomic E-state index is 11.9. The van der Waals surface area contributed by atoms with E-state index in [-0.39, 0.29) is 22.0 Å². The molecule has 7 heteroatoms. The number of pyridine rings is 1. The lowest BCUT2D eigenvalue weighted by Crippen LogP contribution is -2.10. The lowest BCUT2D eigenvalue weighted by atomic mass is 10.0. The maximum Gasteiger partial charge on any atom is 0.270 e. The van der Waals surface area contributed by atoms with Crippen LogP contribution < -0.4 is 5.56 Å². The van der Waals surface area contributed by atoms with Gasteiger partial charge in [0.25, 0.3) is 5.56 Å². The molecule has 0 unspecified atom stereocenters. The molecule has 0 aliphatic rings. The van der Waals surface area contributed by atoms with Crippen molar-refractivity contribution in [3.63, 3.8) is 0 Å². The third kappa shape index (κ3) is 2.70. The van der Waals surface area contributed by atoms with Crippen LogP contribution in [0.4, 0.5) is 0 Å². The van der Waals surface area contributed by atoms with E-state index in [0.717, 1.165) is 11.1 Å². The first kappa shape index (κ1) is 17.7. The number of H-pyrrole nitrogens is 1. The van der Waals surface area contributed by atoms with Crippen LogP contribution in [0.2, 0.25) is 5.15 Å². The monoisotopic (exact) mass is 391 g/mol. The minimum Gasteiger partial charge on any atom is -0.507 e. The Kier molecular flexibility index (Phi) is 4.10. The molecule has 4 rings (SSSR count). The molecule has 4 aromatic rings. The molecule has 0 fully saturated rings. The highest BCUT2D eigenvalue weighted by Gasteiger charge is 2.19. The van der Waals surface area contributed by atoms with Crippen molar-refractivity contribution in [2.24, 2.45) is 0 Å². The van der Waals surface area contributed by atoms with Crippen LogP contribution in [0.5, 0.6) is 11.5 Å². The summed E-state index contributed by atoms with van der Waals surface area (Å²) in [5, 5.41) is 30.0. The van der Waals surface area contributed by atoms with Gasteiger partial charge >= 0.3 is 0 Å². The summed E-state index contributed by atoms with van der Waals surface area (Å²) in [7, 11) is 0. The van der Waals surface area contributed by atoms with Crippen molar-refractivity contribution in [1.82, 2.24) is 9.55 Å². The van der Waals surface area contributed by atoms with Gasteiger partial charge in [0, 0.05) is 11.3 Å². The van der Waals surface area contributed by atoms with Crippen molar-refractivity contribution in [2.45, 2.75) is 6.92 Å². The van der Waals surface area contributed by atoms with Gasteiger partial charge in [-0.05, 0) is 42.8 Å². The molecule has 6 nitrogen and oxygen atoms in total. The number of fused-ring (bicyclic) bond motifs is 1. The fourth-order valence-electron chi connectivity index (χ4n) is 3.25. The number of hydrogen-bond donors (Lipinski definition) is 3. The number of nitriles is 1. The Labute approximate surface area is 164 Å². The number of halogens is 1. The van der Waals surface area contributed by atoms with Crippen LogP contribution in [0.15, 0.2) is 53.3 Å². The molecular formula is C21H14ClN3O3. The SMILES string of the molecule is Cc1ccc(O)c(-c2ccc(-n3c(Cl)cc4[nH]c(=O)c(C#N)c(O)c43)cc2)c1. The van der Waals surface area contributed by atoms with E-state index in [1.807, 2.05) is 31.2 Å². The summed E-state index contributed by atoms with van der Waals surface area (Å²) in [6.45, 7) is 1.94. The summed E-state index contributed by atoms with van der Waals surface area (Å²) in [4.78, 5) is 14.4. The first-order valence-electron chi connectivity index (χ1n) is 8.37. The van der Waals surface area contributed by atoms with Crippen molar-refractivity contribution in [2.75, 3.05) is 0 Å². The van der Waals surface area contributed by atoms with Gasteiger partial charge in [0.2, 0.25) is 0 Å². The number of aromatic amines is 1. The molecule has 2 aromatic carbocycles. The summed E-state index contributed by atoms with van der Waals surface area (Å²) in [5.41, 5.74) is 2.69. The second-order valence-electron chi connectivity index (χ2n) is 6.42. The second-order valence-corrected chi connectivity index (χ2v) is 6.81. The number of hydrogen-bond acceptors (Lipinski definition) is 4. The lowest BCUT2D eigenvalue weighted by molar-refractivity contribution is 0.476. The third-order valence-electron chi connectivity index (χ3n) is 4.59. The Morgan fingerprint density at radius 1 is 1.11 bits per heavy atom. The van der Waals surface area contributed by atoms with Crippen LogP contribution in [-0.2, 0) is 0 Å². The standard InChI is InChI=1S/C21H14ClN3O3/c1-11-2-7-17(26)14(8-11)12-3-5-13(6-4-12)25-18(22)9-16-19(25)20(27)15(10-23)21(28)24-16/h2-9,26H,1H3,(H2,24,27,28). The Hall–Kier alpha value is -3.69. The van der Waals surface area contributed by atoms with Crippen molar-refractivity contribution < 1.29 is 10.2 Å². The fraction of sp³-hybridized carbons (Fsp3) is 0.0476. The number of phenolic OH excluding ortho intramolecular Hbond substituents is 1. The van der Waals surface area contributed by atoms with Gasteiger partial charge in [-0.15, -0.1) is 0 Å². The number of phenols is 1. The average molecular weight is 392 g/mol. The lowest BCUT2D eigenvalue weighted by Gasteiger charge is -2.11. The number of rotatable bonds is 2. The molecule has 0 bridgehead atoms. The van der Waals surface area contributed by atoms with Gasteiger partial charge in [0.05, 0.1) is 5.52 Å². The highest BCUT2D eigenvalue weighted by molar-refractivity contribution is 6.31. The van der Waals surface area contributed by atoms with E-state index >= 15 is 0 Å². The van der Waals surface area contributed by atoms with E-state index in [0.29, 0.717) is 16.8 Å². The van der Waals surface area contributed by atoms with Gasteiger partial charge < -0.3 is 15.2 Å². The van der Waals surface area contributed by atoms with Crippen molar-refractivity contribution >= 4 is 22.6 Å². The number of aryl methyl sites for hydroxylation is 1. The summed E-state index contributed by atoms with van der Waals surface area (Å²) in [6.07, 6.45) is 0. The topological polar surface area (TPSA) is 102 Å². The zero-order valence-corrected chi connectivity index (χ0v) is 15.4. The number of aromatic hydroxyl groups is 2. The third-order valence-corrected chi connectivity index (χ3v) is 4.87. The van der Waals surface area contributed by atoms with Crippen molar-refractivity contribution in [3.8, 4) is 34.4 Å². The van der Waals surface area contributed by atoms with Gasteiger partial charge in [-0.3, -0.25) is 9.36 Å². The minimum atomic E-state index is -0.674. The Balaban J connectivity index is 1.90. The molecule has 2 aromatic heterocycles. The van der Waals surface area contributed by atoms with E-state index in [1.165, 1.54) is 6.07 Å². The zero-order chi connectivity index (χ0) is 20.0. The first-order valence-corrected chi connectivity index (χ1v) is 8.75. The molecule has 0 atom stereocenters. The van der Waals surface area contributed by atoms with Gasteiger partial charge in [0.1, 0.15) is 22.5 Å². The molecule has 28 heavy (non-hydrogen) atoms. The molecule has 0 saturated carbocycles. The molecule has 138 valence electrons. The minimum absolute atomic E-state index is 0.177. The van der Waals surface area contributed by atoms with Gasteiger partial charge in [-0.1, -0.05) is 35.4 Å². The summed E-state index contributed by atoms with van der Waals surface area (Å²) >= 11 is 6.33.